The van der Waals surface area contributed by atoms with Crippen LogP contribution in [0.15, 0.2) is 30.3 Å². The number of fused-ring (bicyclic) bond motifs is 1. The summed E-state index contributed by atoms with van der Waals surface area (Å²) in [6.07, 6.45) is 0. The van der Waals surface area contributed by atoms with Gasteiger partial charge in [-0.1, -0.05) is 18.2 Å². The summed E-state index contributed by atoms with van der Waals surface area (Å²) in [6, 6.07) is 9.76. The summed E-state index contributed by atoms with van der Waals surface area (Å²) < 4.78 is 17.5. The second-order valence-electron chi connectivity index (χ2n) is 4.57. The summed E-state index contributed by atoms with van der Waals surface area (Å²) in [7, 11) is 1.64. The number of methoxy groups -OCH3 is 1. The van der Waals surface area contributed by atoms with Crippen molar-refractivity contribution in [2.75, 3.05) is 33.5 Å². The van der Waals surface area contributed by atoms with Crippen molar-refractivity contribution in [3.05, 3.63) is 36.0 Å². The Morgan fingerprint density at radius 2 is 2.00 bits per heavy atom. The molecule has 0 aliphatic carbocycles. The Morgan fingerprint density at radius 1 is 1.19 bits per heavy atom. The van der Waals surface area contributed by atoms with Crippen LogP contribution in [0.4, 0.5) is 0 Å². The van der Waals surface area contributed by atoms with E-state index in [0.29, 0.717) is 38.7 Å². The lowest BCUT2D eigenvalue weighted by Crippen LogP contribution is -2.15. The SMILES string of the molecule is CCOC(=O)c1cc2ccccc2n1CCOCCOC. The third-order valence-electron chi connectivity index (χ3n) is 3.19. The zero-order chi connectivity index (χ0) is 15.1. The molecule has 1 aromatic heterocycles. The van der Waals surface area contributed by atoms with Crippen molar-refractivity contribution in [2.45, 2.75) is 13.5 Å². The van der Waals surface area contributed by atoms with Crippen molar-refractivity contribution in [2.24, 2.45) is 0 Å². The molecule has 1 heterocycles. The molecule has 1 aromatic carbocycles. The number of hydrogen-bond donors (Lipinski definition) is 0. The molecule has 21 heavy (non-hydrogen) atoms. The van der Waals surface area contributed by atoms with Crippen molar-refractivity contribution in [1.29, 1.82) is 0 Å². The summed E-state index contributed by atoms with van der Waals surface area (Å²) in [5.41, 5.74) is 1.57. The molecule has 0 aliphatic rings. The van der Waals surface area contributed by atoms with Gasteiger partial charge in [0.25, 0.3) is 0 Å². The van der Waals surface area contributed by atoms with Gasteiger partial charge in [0.1, 0.15) is 5.69 Å². The van der Waals surface area contributed by atoms with Gasteiger partial charge in [0.2, 0.25) is 0 Å². The minimum absolute atomic E-state index is 0.300. The molecule has 0 spiro atoms. The van der Waals surface area contributed by atoms with Crippen molar-refractivity contribution in [3.8, 4) is 0 Å². The first kappa shape index (κ1) is 15.5. The molecule has 0 N–H and O–H groups in total. The van der Waals surface area contributed by atoms with Crippen molar-refractivity contribution in [1.82, 2.24) is 4.57 Å². The van der Waals surface area contributed by atoms with Crippen LogP contribution in [0.25, 0.3) is 10.9 Å². The minimum atomic E-state index is -0.300. The Balaban J connectivity index is 2.17. The molecule has 0 saturated heterocycles. The number of hydrogen-bond acceptors (Lipinski definition) is 4. The first-order chi connectivity index (χ1) is 10.3. The van der Waals surface area contributed by atoms with Crippen LogP contribution in [0.5, 0.6) is 0 Å². The smallest absolute Gasteiger partial charge is 0.354 e. The molecule has 0 fully saturated rings. The van der Waals surface area contributed by atoms with Gasteiger partial charge in [0.05, 0.1) is 26.4 Å². The molecule has 2 aromatic rings. The van der Waals surface area contributed by atoms with Crippen LogP contribution < -0.4 is 0 Å². The standard InChI is InChI=1S/C16H21NO4/c1-3-21-16(18)15-12-13-6-4-5-7-14(13)17(15)8-9-20-11-10-19-2/h4-7,12H,3,8-11H2,1-2H3. The lowest BCUT2D eigenvalue weighted by molar-refractivity contribution is 0.0502. The van der Waals surface area contributed by atoms with Gasteiger partial charge in [-0.05, 0) is 19.1 Å². The van der Waals surface area contributed by atoms with Gasteiger partial charge >= 0.3 is 5.97 Å². The second-order valence-corrected chi connectivity index (χ2v) is 4.57. The van der Waals surface area contributed by atoms with Gasteiger partial charge in [-0.2, -0.15) is 0 Å². The molecule has 114 valence electrons. The third kappa shape index (κ3) is 3.83. The lowest BCUT2D eigenvalue weighted by atomic mass is 10.2. The predicted molar refractivity (Wildman–Crippen MR) is 80.6 cm³/mol. The van der Waals surface area contributed by atoms with Crippen LogP contribution >= 0.6 is 0 Å². The number of carbonyl (C=O) groups is 1. The first-order valence-corrected chi connectivity index (χ1v) is 7.10. The maximum Gasteiger partial charge on any atom is 0.354 e. The molecule has 5 nitrogen and oxygen atoms in total. The largest absolute Gasteiger partial charge is 0.461 e. The Morgan fingerprint density at radius 3 is 2.76 bits per heavy atom. The maximum absolute atomic E-state index is 12.1. The predicted octanol–water partition coefficient (Wildman–Crippen LogP) is 2.48. The van der Waals surface area contributed by atoms with E-state index in [1.165, 1.54) is 0 Å². The molecule has 0 aliphatic heterocycles. The molecule has 0 amide bonds. The lowest BCUT2D eigenvalue weighted by Gasteiger charge is -2.10. The summed E-state index contributed by atoms with van der Waals surface area (Å²) in [5, 5.41) is 1.03. The fourth-order valence-electron chi connectivity index (χ4n) is 2.23. The van der Waals surface area contributed by atoms with Gasteiger partial charge in [-0.25, -0.2) is 4.79 Å². The van der Waals surface area contributed by atoms with Gasteiger partial charge in [-0.3, -0.25) is 0 Å². The normalized spacial score (nSPS) is 11.0. The van der Waals surface area contributed by atoms with Crippen LogP contribution in [0.1, 0.15) is 17.4 Å². The Labute approximate surface area is 124 Å². The van der Waals surface area contributed by atoms with E-state index in [1.807, 2.05) is 34.9 Å². The van der Waals surface area contributed by atoms with E-state index >= 15 is 0 Å². The average molecular weight is 291 g/mol. The fraction of sp³-hybridized carbons (Fsp3) is 0.438. The van der Waals surface area contributed by atoms with E-state index in [1.54, 1.807) is 14.0 Å². The number of benzene rings is 1. The highest BCUT2D eigenvalue weighted by Gasteiger charge is 2.16. The number of rotatable bonds is 8. The highest BCUT2D eigenvalue weighted by Crippen LogP contribution is 2.20. The minimum Gasteiger partial charge on any atom is -0.461 e. The number of para-hydroxylation sites is 1. The summed E-state index contributed by atoms with van der Waals surface area (Å²) in [5.74, 6) is -0.300. The first-order valence-electron chi connectivity index (χ1n) is 7.10. The molecule has 0 bridgehead atoms. The molecular weight excluding hydrogens is 270 g/mol. The molecule has 2 rings (SSSR count). The van der Waals surface area contributed by atoms with E-state index < -0.39 is 0 Å². The topological polar surface area (TPSA) is 49.7 Å². The zero-order valence-electron chi connectivity index (χ0n) is 12.5. The molecule has 0 radical (unpaired) electrons. The van der Waals surface area contributed by atoms with E-state index in [2.05, 4.69) is 0 Å². The van der Waals surface area contributed by atoms with Crippen LogP contribution in [-0.2, 0) is 20.8 Å². The number of ether oxygens (including phenoxy) is 3. The highest BCUT2D eigenvalue weighted by atomic mass is 16.5. The second kappa shape index (κ2) is 7.81. The van der Waals surface area contributed by atoms with Crippen molar-refractivity contribution < 1.29 is 19.0 Å². The van der Waals surface area contributed by atoms with E-state index in [0.717, 1.165) is 10.9 Å². The van der Waals surface area contributed by atoms with E-state index in [4.69, 9.17) is 14.2 Å². The summed E-state index contributed by atoms with van der Waals surface area (Å²) in [4.78, 5) is 12.1. The maximum atomic E-state index is 12.1. The van der Waals surface area contributed by atoms with Gasteiger partial charge in [0.15, 0.2) is 0 Å². The van der Waals surface area contributed by atoms with Gasteiger partial charge < -0.3 is 18.8 Å². The molecular formula is C16H21NO4. The van der Waals surface area contributed by atoms with Gasteiger partial charge in [0, 0.05) is 24.6 Å². The molecule has 0 saturated carbocycles. The molecule has 0 unspecified atom stereocenters. The van der Waals surface area contributed by atoms with E-state index in [9.17, 15) is 4.79 Å². The summed E-state index contributed by atoms with van der Waals surface area (Å²) >= 11 is 0. The van der Waals surface area contributed by atoms with Crippen LogP contribution in [0, 0.1) is 0 Å². The number of carbonyl (C=O) groups excluding carboxylic acids is 1. The zero-order valence-corrected chi connectivity index (χ0v) is 12.5. The Bertz CT molecular complexity index is 591. The third-order valence-corrected chi connectivity index (χ3v) is 3.19. The highest BCUT2D eigenvalue weighted by molar-refractivity contribution is 5.95. The molecule has 0 atom stereocenters. The van der Waals surface area contributed by atoms with Crippen LogP contribution in [0.2, 0.25) is 0 Å². The number of aromatic nitrogens is 1. The summed E-state index contributed by atoms with van der Waals surface area (Å²) in [6.45, 7) is 4.41. The van der Waals surface area contributed by atoms with Crippen molar-refractivity contribution in [3.63, 3.8) is 0 Å². The fourth-order valence-corrected chi connectivity index (χ4v) is 2.23. The monoisotopic (exact) mass is 291 g/mol. The van der Waals surface area contributed by atoms with E-state index in [-0.39, 0.29) is 5.97 Å². The van der Waals surface area contributed by atoms with Gasteiger partial charge in [-0.15, -0.1) is 0 Å². The van der Waals surface area contributed by atoms with Crippen LogP contribution in [0.3, 0.4) is 0 Å². The van der Waals surface area contributed by atoms with Crippen LogP contribution in [-0.4, -0.2) is 44.1 Å². The quantitative estimate of drug-likeness (QED) is 0.554. The average Bonchev–Trinajstić information content (AvgIpc) is 2.86. The van der Waals surface area contributed by atoms with Crippen molar-refractivity contribution >= 4 is 16.9 Å². The number of nitrogens with zero attached hydrogens (tertiary/aromatic N) is 1. The Kier molecular flexibility index (Phi) is 5.78. The number of esters is 1. The Hall–Kier alpha value is -1.85. The molecule has 5 heteroatoms.